The van der Waals surface area contributed by atoms with E-state index in [1.807, 2.05) is 24.3 Å². The Kier molecular flexibility index (Phi) is 10.8. The molecule has 0 fully saturated rings. The van der Waals surface area contributed by atoms with E-state index in [0.717, 1.165) is 30.2 Å². The van der Waals surface area contributed by atoms with Gasteiger partial charge >= 0.3 is 0 Å². The lowest BCUT2D eigenvalue weighted by Gasteiger charge is -2.16. The molecule has 0 radical (unpaired) electrons. The monoisotopic (exact) mass is 362 g/mol. The SMILES string of the molecule is CCCCC(CN)NC(=O)CCc1ccc(Br)cc1.Cl. The third kappa shape index (κ3) is 7.88. The zero-order valence-corrected chi connectivity index (χ0v) is 14.3. The third-order valence-electron chi connectivity index (χ3n) is 3.11. The number of benzene rings is 1. The first-order valence-corrected chi connectivity index (χ1v) is 7.69. The second kappa shape index (κ2) is 11.1. The number of nitrogens with two attached hydrogens (primary N) is 1. The van der Waals surface area contributed by atoms with Gasteiger partial charge in [-0.25, -0.2) is 0 Å². The van der Waals surface area contributed by atoms with E-state index in [0.29, 0.717) is 13.0 Å². The summed E-state index contributed by atoms with van der Waals surface area (Å²) in [6.07, 6.45) is 4.49. The van der Waals surface area contributed by atoms with Crippen LogP contribution in [0.5, 0.6) is 0 Å². The van der Waals surface area contributed by atoms with Crippen LogP contribution in [0.2, 0.25) is 0 Å². The van der Waals surface area contributed by atoms with Gasteiger partial charge in [0.2, 0.25) is 5.91 Å². The van der Waals surface area contributed by atoms with Crippen LogP contribution in [0, 0.1) is 0 Å². The number of nitrogens with one attached hydrogen (secondary N) is 1. The Morgan fingerprint density at radius 2 is 2.00 bits per heavy atom. The molecule has 1 aromatic rings. The molecule has 0 heterocycles. The van der Waals surface area contributed by atoms with E-state index < -0.39 is 0 Å². The normalized spacial score (nSPS) is 11.6. The third-order valence-corrected chi connectivity index (χ3v) is 3.64. The predicted octanol–water partition coefficient (Wildman–Crippen LogP) is 3.44. The molecule has 3 N–H and O–H groups in total. The van der Waals surface area contributed by atoms with Crippen molar-refractivity contribution in [1.82, 2.24) is 5.32 Å². The second-order valence-corrected chi connectivity index (χ2v) is 5.68. The minimum Gasteiger partial charge on any atom is -0.352 e. The van der Waals surface area contributed by atoms with E-state index in [4.69, 9.17) is 5.73 Å². The van der Waals surface area contributed by atoms with Gasteiger partial charge in [0.05, 0.1) is 0 Å². The Morgan fingerprint density at radius 3 is 2.55 bits per heavy atom. The molecule has 1 amide bonds. The molecule has 0 aromatic heterocycles. The van der Waals surface area contributed by atoms with Crippen LogP contribution in [0.1, 0.15) is 38.2 Å². The van der Waals surface area contributed by atoms with Crippen molar-refractivity contribution in [3.05, 3.63) is 34.3 Å². The average molecular weight is 364 g/mol. The molecule has 20 heavy (non-hydrogen) atoms. The number of hydrogen-bond donors (Lipinski definition) is 2. The van der Waals surface area contributed by atoms with Crippen LogP contribution in [0.25, 0.3) is 0 Å². The highest BCUT2D eigenvalue weighted by Gasteiger charge is 2.10. The molecule has 3 nitrogen and oxygen atoms in total. The lowest BCUT2D eigenvalue weighted by molar-refractivity contribution is -0.121. The molecule has 5 heteroatoms. The number of aryl methyl sites for hydroxylation is 1. The van der Waals surface area contributed by atoms with Gasteiger partial charge in [-0.2, -0.15) is 0 Å². The minimum absolute atomic E-state index is 0. The van der Waals surface area contributed by atoms with Gasteiger partial charge in [0.25, 0.3) is 0 Å². The fourth-order valence-electron chi connectivity index (χ4n) is 1.91. The number of rotatable bonds is 8. The molecule has 1 rings (SSSR count). The molecule has 114 valence electrons. The van der Waals surface area contributed by atoms with Crippen LogP contribution in [0.15, 0.2) is 28.7 Å². The van der Waals surface area contributed by atoms with Crippen molar-refractivity contribution in [2.45, 2.75) is 45.1 Å². The van der Waals surface area contributed by atoms with Crippen molar-refractivity contribution >= 4 is 34.2 Å². The topological polar surface area (TPSA) is 55.1 Å². The largest absolute Gasteiger partial charge is 0.352 e. The van der Waals surface area contributed by atoms with Crippen LogP contribution in [-0.4, -0.2) is 18.5 Å². The van der Waals surface area contributed by atoms with E-state index in [2.05, 4.69) is 28.2 Å². The molecule has 0 aliphatic rings. The fraction of sp³-hybridized carbons (Fsp3) is 0.533. The Bertz CT molecular complexity index is 384. The lowest BCUT2D eigenvalue weighted by Crippen LogP contribution is -2.40. The molecule has 0 aliphatic heterocycles. The maximum Gasteiger partial charge on any atom is 0.220 e. The van der Waals surface area contributed by atoms with Crippen molar-refractivity contribution < 1.29 is 4.79 Å². The summed E-state index contributed by atoms with van der Waals surface area (Å²) in [5, 5.41) is 3.01. The number of hydrogen-bond acceptors (Lipinski definition) is 2. The summed E-state index contributed by atoms with van der Waals surface area (Å²) in [6, 6.07) is 8.19. The molecule has 0 saturated carbocycles. The summed E-state index contributed by atoms with van der Waals surface area (Å²) in [5.41, 5.74) is 6.84. The smallest absolute Gasteiger partial charge is 0.220 e. The summed E-state index contributed by atoms with van der Waals surface area (Å²) in [7, 11) is 0. The number of carbonyl (C=O) groups is 1. The molecular weight excluding hydrogens is 340 g/mol. The van der Waals surface area contributed by atoms with Gasteiger partial charge in [0.1, 0.15) is 0 Å². The summed E-state index contributed by atoms with van der Waals surface area (Å²) >= 11 is 3.40. The van der Waals surface area contributed by atoms with Gasteiger partial charge in [0.15, 0.2) is 0 Å². The van der Waals surface area contributed by atoms with Gasteiger partial charge in [0, 0.05) is 23.5 Å². The summed E-state index contributed by atoms with van der Waals surface area (Å²) in [5.74, 6) is 0.0921. The van der Waals surface area contributed by atoms with Gasteiger partial charge in [-0.15, -0.1) is 12.4 Å². The number of carbonyl (C=O) groups excluding carboxylic acids is 1. The Labute approximate surface area is 136 Å². The van der Waals surface area contributed by atoms with Crippen LogP contribution in [-0.2, 0) is 11.2 Å². The molecule has 0 bridgehead atoms. The molecule has 1 aromatic carbocycles. The second-order valence-electron chi connectivity index (χ2n) is 4.77. The van der Waals surface area contributed by atoms with E-state index >= 15 is 0 Å². The van der Waals surface area contributed by atoms with Gasteiger partial charge < -0.3 is 11.1 Å². The average Bonchev–Trinajstić information content (AvgIpc) is 2.42. The van der Waals surface area contributed by atoms with Gasteiger partial charge in [-0.3, -0.25) is 4.79 Å². The van der Waals surface area contributed by atoms with Gasteiger partial charge in [-0.05, 0) is 30.5 Å². The number of halogens is 2. The van der Waals surface area contributed by atoms with Crippen LogP contribution >= 0.6 is 28.3 Å². The van der Waals surface area contributed by atoms with Crippen molar-refractivity contribution in [2.75, 3.05) is 6.54 Å². The minimum atomic E-state index is 0. The van der Waals surface area contributed by atoms with Crippen LogP contribution < -0.4 is 11.1 Å². The van der Waals surface area contributed by atoms with Crippen LogP contribution in [0.4, 0.5) is 0 Å². The summed E-state index contributed by atoms with van der Waals surface area (Å²) < 4.78 is 1.06. The quantitative estimate of drug-likeness (QED) is 0.743. The van der Waals surface area contributed by atoms with E-state index in [1.165, 1.54) is 5.56 Å². The van der Waals surface area contributed by atoms with Gasteiger partial charge in [-0.1, -0.05) is 47.8 Å². The first-order valence-electron chi connectivity index (χ1n) is 6.89. The highest BCUT2D eigenvalue weighted by Crippen LogP contribution is 2.11. The van der Waals surface area contributed by atoms with Crippen molar-refractivity contribution in [3.8, 4) is 0 Å². The van der Waals surface area contributed by atoms with E-state index in [-0.39, 0.29) is 24.4 Å². The molecule has 0 aliphatic carbocycles. The highest BCUT2D eigenvalue weighted by atomic mass is 79.9. The molecular formula is C15H24BrClN2O. The Balaban J connectivity index is 0.00000361. The van der Waals surface area contributed by atoms with Crippen LogP contribution in [0.3, 0.4) is 0 Å². The highest BCUT2D eigenvalue weighted by molar-refractivity contribution is 9.10. The van der Waals surface area contributed by atoms with E-state index in [1.54, 1.807) is 0 Å². The maximum atomic E-state index is 11.8. The molecule has 0 saturated heterocycles. The summed E-state index contributed by atoms with van der Waals surface area (Å²) in [4.78, 5) is 11.8. The first kappa shape index (κ1) is 19.4. The Hall–Kier alpha value is -0.580. The molecule has 1 atom stereocenters. The van der Waals surface area contributed by atoms with E-state index in [9.17, 15) is 4.79 Å². The van der Waals surface area contributed by atoms with Crippen molar-refractivity contribution in [2.24, 2.45) is 5.73 Å². The zero-order chi connectivity index (χ0) is 14.1. The maximum absolute atomic E-state index is 11.8. The number of unbranched alkanes of at least 4 members (excludes halogenated alkanes) is 1. The standard InChI is InChI=1S/C15H23BrN2O.ClH/c1-2-3-4-14(11-17)18-15(19)10-7-12-5-8-13(16)9-6-12;/h5-6,8-9,14H,2-4,7,10-11,17H2,1H3,(H,18,19);1H. The zero-order valence-electron chi connectivity index (χ0n) is 11.9. The van der Waals surface area contributed by atoms with Crippen molar-refractivity contribution in [3.63, 3.8) is 0 Å². The number of amides is 1. The fourth-order valence-corrected chi connectivity index (χ4v) is 2.17. The predicted molar refractivity (Wildman–Crippen MR) is 90.2 cm³/mol. The first-order chi connectivity index (χ1) is 9.15. The Morgan fingerprint density at radius 1 is 1.35 bits per heavy atom. The molecule has 0 spiro atoms. The van der Waals surface area contributed by atoms with Crippen molar-refractivity contribution in [1.29, 1.82) is 0 Å². The molecule has 1 unspecified atom stereocenters. The lowest BCUT2D eigenvalue weighted by atomic mass is 10.1. The summed E-state index contributed by atoms with van der Waals surface area (Å²) in [6.45, 7) is 2.66.